The molecule has 0 aliphatic rings. The van der Waals surface area contributed by atoms with Gasteiger partial charge in [0.2, 0.25) is 0 Å². The molecule has 2 rings (SSSR count). The number of hydrogen-bond acceptors (Lipinski definition) is 1. The second-order valence-electron chi connectivity index (χ2n) is 4.17. The zero-order valence-electron chi connectivity index (χ0n) is 10.3. The van der Waals surface area contributed by atoms with Crippen molar-refractivity contribution in [2.24, 2.45) is 0 Å². The Labute approximate surface area is 103 Å². The van der Waals surface area contributed by atoms with E-state index in [9.17, 15) is 0 Å². The van der Waals surface area contributed by atoms with Crippen LogP contribution in [0.3, 0.4) is 0 Å². The molecule has 88 valence electrons. The van der Waals surface area contributed by atoms with Crippen LogP contribution in [-0.4, -0.2) is 6.54 Å². The zero-order chi connectivity index (χ0) is 11.9. The maximum Gasteiger partial charge on any atom is 0.0340 e. The molecular weight excluding hydrogens is 206 g/mol. The quantitative estimate of drug-likeness (QED) is 0.813. The number of para-hydroxylation sites is 1. The van der Waals surface area contributed by atoms with Crippen molar-refractivity contribution in [2.75, 3.05) is 11.9 Å². The molecule has 0 bridgehead atoms. The van der Waals surface area contributed by atoms with Gasteiger partial charge in [0.25, 0.3) is 0 Å². The van der Waals surface area contributed by atoms with Crippen molar-refractivity contribution < 1.29 is 0 Å². The van der Waals surface area contributed by atoms with E-state index in [4.69, 9.17) is 0 Å². The second kappa shape index (κ2) is 6.09. The van der Waals surface area contributed by atoms with Gasteiger partial charge in [-0.25, -0.2) is 0 Å². The molecule has 0 spiro atoms. The van der Waals surface area contributed by atoms with Gasteiger partial charge in [-0.15, -0.1) is 0 Å². The number of benzene rings is 2. The van der Waals surface area contributed by atoms with Gasteiger partial charge < -0.3 is 5.32 Å². The molecule has 0 saturated carbocycles. The Hall–Kier alpha value is -1.76. The van der Waals surface area contributed by atoms with Gasteiger partial charge in [-0.3, -0.25) is 0 Å². The summed E-state index contributed by atoms with van der Waals surface area (Å²) >= 11 is 0. The predicted molar refractivity (Wildman–Crippen MR) is 74.5 cm³/mol. The number of rotatable bonds is 5. The average Bonchev–Trinajstić information content (AvgIpc) is 2.40. The van der Waals surface area contributed by atoms with Gasteiger partial charge in [0.15, 0.2) is 0 Å². The van der Waals surface area contributed by atoms with Crippen LogP contribution >= 0.6 is 0 Å². The highest BCUT2D eigenvalue weighted by Gasteiger charge is 1.99. The summed E-state index contributed by atoms with van der Waals surface area (Å²) in [5, 5.41) is 3.44. The molecule has 2 aromatic rings. The first-order chi connectivity index (χ1) is 8.40. The molecule has 0 amide bonds. The third-order valence-electron chi connectivity index (χ3n) is 3.00. The molecular formula is C16H19N. The van der Waals surface area contributed by atoms with Crippen molar-refractivity contribution in [1.29, 1.82) is 0 Å². The Morgan fingerprint density at radius 1 is 0.824 bits per heavy atom. The lowest BCUT2D eigenvalue weighted by Crippen LogP contribution is -2.06. The SMILES string of the molecule is CCc1ccccc1CCNc1ccccc1. The summed E-state index contributed by atoms with van der Waals surface area (Å²) in [7, 11) is 0. The van der Waals surface area contributed by atoms with Crippen LogP contribution in [0.15, 0.2) is 54.6 Å². The van der Waals surface area contributed by atoms with Crippen molar-refractivity contribution in [2.45, 2.75) is 19.8 Å². The van der Waals surface area contributed by atoms with Gasteiger partial charge in [-0.2, -0.15) is 0 Å². The van der Waals surface area contributed by atoms with E-state index in [1.165, 1.54) is 16.8 Å². The Morgan fingerprint density at radius 3 is 2.18 bits per heavy atom. The molecule has 0 fully saturated rings. The first-order valence-corrected chi connectivity index (χ1v) is 6.26. The maximum atomic E-state index is 3.44. The van der Waals surface area contributed by atoms with Crippen LogP contribution in [-0.2, 0) is 12.8 Å². The summed E-state index contributed by atoms with van der Waals surface area (Å²) in [6.45, 7) is 3.20. The Bertz CT molecular complexity index is 448. The minimum Gasteiger partial charge on any atom is -0.385 e. The number of hydrogen-bond donors (Lipinski definition) is 1. The molecule has 0 atom stereocenters. The molecule has 0 saturated heterocycles. The molecule has 17 heavy (non-hydrogen) atoms. The van der Waals surface area contributed by atoms with E-state index in [2.05, 4.69) is 60.8 Å². The molecule has 0 radical (unpaired) electrons. The van der Waals surface area contributed by atoms with Gasteiger partial charge >= 0.3 is 0 Å². The van der Waals surface area contributed by atoms with E-state index in [0.29, 0.717) is 0 Å². The van der Waals surface area contributed by atoms with E-state index in [-0.39, 0.29) is 0 Å². The first-order valence-electron chi connectivity index (χ1n) is 6.26. The molecule has 0 aliphatic heterocycles. The van der Waals surface area contributed by atoms with Crippen molar-refractivity contribution in [3.05, 3.63) is 65.7 Å². The average molecular weight is 225 g/mol. The van der Waals surface area contributed by atoms with Gasteiger partial charge in [0.05, 0.1) is 0 Å². The first kappa shape index (κ1) is 11.7. The number of anilines is 1. The van der Waals surface area contributed by atoms with Gasteiger partial charge in [-0.05, 0) is 36.1 Å². The van der Waals surface area contributed by atoms with E-state index in [1.807, 2.05) is 6.07 Å². The minimum absolute atomic E-state index is 0.987. The molecule has 1 N–H and O–H groups in total. The van der Waals surface area contributed by atoms with Crippen LogP contribution in [0.2, 0.25) is 0 Å². The van der Waals surface area contributed by atoms with Crippen molar-refractivity contribution in [1.82, 2.24) is 0 Å². The highest BCUT2D eigenvalue weighted by atomic mass is 14.9. The fourth-order valence-corrected chi connectivity index (χ4v) is 2.04. The lowest BCUT2D eigenvalue weighted by Gasteiger charge is -2.09. The van der Waals surface area contributed by atoms with Crippen molar-refractivity contribution >= 4 is 5.69 Å². The maximum absolute atomic E-state index is 3.44. The highest BCUT2D eigenvalue weighted by molar-refractivity contribution is 5.42. The molecule has 1 heteroatoms. The topological polar surface area (TPSA) is 12.0 Å². The fraction of sp³-hybridized carbons (Fsp3) is 0.250. The Balaban J connectivity index is 1.90. The molecule has 0 aliphatic carbocycles. The van der Waals surface area contributed by atoms with E-state index in [0.717, 1.165) is 19.4 Å². The predicted octanol–water partition coefficient (Wildman–Crippen LogP) is 3.90. The van der Waals surface area contributed by atoms with Gasteiger partial charge in [0, 0.05) is 12.2 Å². The summed E-state index contributed by atoms with van der Waals surface area (Å²) in [6.07, 6.45) is 2.19. The van der Waals surface area contributed by atoms with Crippen LogP contribution < -0.4 is 5.32 Å². The van der Waals surface area contributed by atoms with E-state index < -0.39 is 0 Å². The van der Waals surface area contributed by atoms with Crippen LogP contribution in [0.5, 0.6) is 0 Å². The standard InChI is InChI=1S/C16H19N/c1-2-14-8-6-7-9-15(14)12-13-17-16-10-4-3-5-11-16/h3-11,17H,2,12-13H2,1H3. The van der Waals surface area contributed by atoms with Gasteiger partial charge in [-0.1, -0.05) is 49.4 Å². The van der Waals surface area contributed by atoms with Crippen LogP contribution in [0.1, 0.15) is 18.1 Å². The molecule has 0 heterocycles. The fourth-order valence-electron chi connectivity index (χ4n) is 2.04. The minimum atomic E-state index is 0.987. The van der Waals surface area contributed by atoms with E-state index >= 15 is 0 Å². The van der Waals surface area contributed by atoms with E-state index in [1.54, 1.807) is 0 Å². The normalized spacial score (nSPS) is 10.2. The summed E-state index contributed by atoms with van der Waals surface area (Å²) in [6, 6.07) is 19.0. The van der Waals surface area contributed by atoms with Crippen LogP contribution in [0.25, 0.3) is 0 Å². The van der Waals surface area contributed by atoms with Crippen LogP contribution in [0.4, 0.5) is 5.69 Å². The molecule has 0 aromatic heterocycles. The highest BCUT2D eigenvalue weighted by Crippen LogP contribution is 2.11. The van der Waals surface area contributed by atoms with Gasteiger partial charge in [0.1, 0.15) is 0 Å². The van der Waals surface area contributed by atoms with Crippen molar-refractivity contribution in [3.8, 4) is 0 Å². The lowest BCUT2D eigenvalue weighted by atomic mass is 10.0. The summed E-state index contributed by atoms with van der Waals surface area (Å²) in [4.78, 5) is 0. The molecule has 0 unspecified atom stereocenters. The third kappa shape index (κ3) is 3.35. The number of aryl methyl sites for hydroxylation is 1. The summed E-state index contributed by atoms with van der Waals surface area (Å²) in [5.41, 5.74) is 4.11. The Kier molecular flexibility index (Phi) is 4.20. The lowest BCUT2D eigenvalue weighted by molar-refractivity contribution is 0.976. The molecule has 1 nitrogen and oxygen atoms in total. The largest absolute Gasteiger partial charge is 0.385 e. The molecule has 2 aromatic carbocycles. The third-order valence-corrected chi connectivity index (χ3v) is 3.00. The summed E-state index contributed by atoms with van der Waals surface area (Å²) < 4.78 is 0. The number of nitrogens with one attached hydrogen (secondary N) is 1. The van der Waals surface area contributed by atoms with Crippen molar-refractivity contribution in [3.63, 3.8) is 0 Å². The monoisotopic (exact) mass is 225 g/mol. The summed E-state index contributed by atoms with van der Waals surface area (Å²) in [5.74, 6) is 0. The Morgan fingerprint density at radius 2 is 1.47 bits per heavy atom. The van der Waals surface area contributed by atoms with Crippen LogP contribution in [0, 0.1) is 0 Å². The smallest absolute Gasteiger partial charge is 0.0340 e. The zero-order valence-corrected chi connectivity index (χ0v) is 10.3. The second-order valence-corrected chi connectivity index (χ2v) is 4.17.